The van der Waals surface area contributed by atoms with Crippen molar-refractivity contribution < 1.29 is 33.2 Å². The summed E-state index contributed by atoms with van der Waals surface area (Å²) in [5.41, 5.74) is 2.17. The molecule has 0 spiro atoms. The van der Waals surface area contributed by atoms with Crippen molar-refractivity contribution in [2.45, 2.75) is 104 Å². The molecule has 7 nitrogen and oxygen atoms in total. The zero-order valence-electron chi connectivity index (χ0n) is 27.2. The molecule has 6 atom stereocenters. The van der Waals surface area contributed by atoms with Gasteiger partial charge in [-0.3, -0.25) is 0 Å². The second-order valence-electron chi connectivity index (χ2n) is 11.8. The highest BCUT2D eigenvalue weighted by atomic mass is 16.7. The Labute approximate surface area is 259 Å². The van der Waals surface area contributed by atoms with Crippen LogP contribution in [0.25, 0.3) is 0 Å². The molecule has 0 N–H and O–H groups in total. The lowest BCUT2D eigenvalue weighted by Gasteiger charge is -2.28. The number of hydrogen-bond acceptors (Lipinski definition) is 7. The molecule has 7 heteroatoms. The van der Waals surface area contributed by atoms with Crippen molar-refractivity contribution in [3.05, 3.63) is 65.7 Å². The van der Waals surface area contributed by atoms with E-state index in [4.69, 9.17) is 33.2 Å². The maximum Gasteiger partial charge on any atom is 0.163 e. The van der Waals surface area contributed by atoms with Crippen molar-refractivity contribution >= 4 is 0 Å². The Morgan fingerprint density at radius 1 is 0.953 bits per heavy atom. The van der Waals surface area contributed by atoms with Crippen LogP contribution in [0, 0.1) is 23.7 Å². The van der Waals surface area contributed by atoms with E-state index in [0.717, 1.165) is 36.1 Å². The quantitative estimate of drug-likeness (QED) is 0.134. The lowest BCUT2D eigenvalue weighted by Crippen LogP contribution is -2.39. The Morgan fingerprint density at radius 2 is 1.67 bits per heavy atom. The fourth-order valence-corrected chi connectivity index (χ4v) is 5.22. The Morgan fingerprint density at radius 3 is 2.33 bits per heavy atom. The molecule has 2 unspecified atom stereocenters. The molecule has 2 aromatic rings. The first-order chi connectivity index (χ1) is 20.7. The van der Waals surface area contributed by atoms with E-state index in [0.29, 0.717) is 39.0 Å². The minimum Gasteiger partial charge on any atom is -0.497 e. The maximum atomic E-state index is 6.50. The fourth-order valence-electron chi connectivity index (χ4n) is 5.22. The van der Waals surface area contributed by atoms with Crippen LogP contribution in [0.3, 0.4) is 0 Å². The van der Waals surface area contributed by atoms with Gasteiger partial charge < -0.3 is 33.2 Å². The lowest BCUT2D eigenvalue weighted by atomic mass is 9.95. The van der Waals surface area contributed by atoms with Crippen LogP contribution >= 0.6 is 0 Å². The highest BCUT2D eigenvalue weighted by Crippen LogP contribution is 2.30. The third-order valence-corrected chi connectivity index (χ3v) is 7.47. The predicted molar refractivity (Wildman–Crippen MR) is 168 cm³/mol. The molecule has 1 aliphatic rings. The highest BCUT2D eigenvalue weighted by molar-refractivity contribution is 5.26. The summed E-state index contributed by atoms with van der Waals surface area (Å²) in [7, 11) is 1.66. The predicted octanol–water partition coefficient (Wildman–Crippen LogP) is 7.16. The van der Waals surface area contributed by atoms with Gasteiger partial charge in [0.1, 0.15) is 11.9 Å². The molecule has 3 rings (SSSR count). The zero-order chi connectivity index (χ0) is 31.1. The highest BCUT2D eigenvalue weighted by Gasteiger charge is 2.41. The summed E-state index contributed by atoms with van der Waals surface area (Å²) in [5, 5.41) is 0. The summed E-state index contributed by atoms with van der Waals surface area (Å²) in [6.07, 6.45) is 2.05. The molecule has 43 heavy (non-hydrogen) atoms. The normalized spacial score (nSPS) is 19.6. The van der Waals surface area contributed by atoms with Gasteiger partial charge in [-0.1, -0.05) is 55.3 Å². The third-order valence-electron chi connectivity index (χ3n) is 7.47. The van der Waals surface area contributed by atoms with Crippen LogP contribution in [0.15, 0.2) is 54.6 Å². The second-order valence-corrected chi connectivity index (χ2v) is 11.8. The molecule has 2 aromatic carbocycles. The molecule has 0 aliphatic carbocycles. The number of rotatable bonds is 18. The molecule has 0 radical (unpaired) electrons. The molecule has 0 amide bonds. The van der Waals surface area contributed by atoms with E-state index < -0.39 is 5.79 Å². The SMILES string of the molecule is CCOC(C)OC(C)C[C@H](C)CCC#C[C@@H](OCc1ccccc1)[C@@H](COCc1ccc(OC)cc1)[C@H]1COC(C)(C)O1. The van der Waals surface area contributed by atoms with E-state index in [1.807, 2.05) is 70.2 Å². The Hall–Kier alpha value is -2.44. The first-order valence-corrected chi connectivity index (χ1v) is 15.6. The van der Waals surface area contributed by atoms with Crippen LogP contribution < -0.4 is 4.74 Å². The summed E-state index contributed by atoms with van der Waals surface area (Å²) >= 11 is 0. The van der Waals surface area contributed by atoms with Crippen LogP contribution in [-0.2, 0) is 41.6 Å². The van der Waals surface area contributed by atoms with Crippen molar-refractivity contribution in [1.82, 2.24) is 0 Å². The minimum absolute atomic E-state index is 0.126. The number of benzene rings is 2. The monoisotopic (exact) mass is 596 g/mol. The van der Waals surface area contributed by atoms with Crippen LogP contribution in [0.4, 0.5) is 0 Å². The first kappa shape index (κ1) is 35.0. The Kier molecular flexibility index (Phi) is 15.0. The van der Waals surface area contributed by atoms with E-state index in [1.165, 1.54) is 0 Å². The van der Waals surface area contributed by atoms with Crippen molar-refractivity contribution in [2.75, 3.05) is 26.9 Å². The standard InChI is InChI=1S/C36H52O7/c1-8-39-29(4)42-28(3)22-27(2)14-12-13-17-34(40-24-30-15-10-9-11-16-30)33(35-26-41-36(5,6)43-35)25-38-23-31-18-20-32(37-7)21-19-31/h9-11,15-16,18-21,27-29,33-35H,8,12,14,22-26H2,1-7H3/t27-,28?,29?,33-,34-,35-/m1/s1. The van der Waals surface area contributed by atoms with Gasteiger partial charge in [0, 0.05) is 18.9 Å². The Balaban J connectivity index is 1.68. The average molecular weight is 597 g/mol. The molecule has 1 saturated heterocycles. The molecular formula is C36H52O7. The van der Waals surface area contributed by atoms with Crippen molar-refractivity contribution in [1.29, 1.82) is 0 Å². The first-order valence-electron chi connectivity index (χ1n) is 15.6. The largest absolute Gasteiger partial charge is 0.497 e. The van der Waals surface area contributed by atoms with E-state index >= 15 is 0 Å². The molecule has 238 valence electrons. The average Bonchev–Trinajstić information content (AvgIpc) is 3.35. The van der Waals surface area contributed by atoms with Gasteiger partial charge in [-0.2, -0.15) is 0 Å². The van der Waals surface area contributed by atoms with Gasteiger partial charge in [-0.05, 0) is 76.6 Å². The van der Waals surface area contributed by atoms with Gasteiger partial charge in [0.15, 0.2) is 12.1 Å². The van der Waals surface area contributed by atoms with E-state index in [-0.39, 0.29) is 30.5 Å². The van der Waals surface area contributed by atoms with E-state index in [9.17, 15) is 0 Å². The van der Waals surface area contributed by atoms with E-state index in [1.54, 1.807) is 7.11 Å². The van der Waals surface area contributed by atoms with Gasteiger partial charge >= 0.3 is 0 Å². The van der Waals surface area contributed by atoms with Crippen LogP contribution in [-0.4, -0.2) is 57.3 Å². The summed E-state index contributed by atoms with van der Waals surface area (Å²) in [6.45, 7) is 14.6. The van der Waals surface area contributed by atoms with Crippen molar-refractivity contribution in [3.8, 4) is 17.6 Å². The molecule has 1 heterocycles. The van der Waals surface area contributed by atoms with Crippen molar-refractivity contribution in [3.63, 3.8) is 0 Å². The van der Waals surface area contributed by atoms with Gasteiger partial charge in [0.25, 0.3) is 0 Å². The molecule has 0 bridgehead atoms. The lowest BCUT2D eigenvalue weighted by molar-refractivity contribution is -0.156. The van der Waals surface area contributed by atoms with Gasteiger partial charge in [-0.15, -0.1) is 5.92 Å². The van der Waals surface area contributed by atoms with Crippen LogP contribution in [0.5, 0.6) is 5.75 Å². The molecular weight excluding hydrogens is 544 g/mol. The smallest absolute Gasteiger partial charge is 0.163 e. The van der Waals surface area contributed by atoms with Gasteiger partial charge in [0.2, 0.25) is 0 Å². The van der Waals surface area contributed by atoms with Crippen molar-refractivity contribution in [2.24, 2.45) is 11.8 Å². The van der Waals surface area contributed by atoms with Gasteiger partial charge in [0.05, 0.1) is 45.7 Å². The fraction of sp³-hybridized carbons (Fsp3) is 0.611. The second kappa shape index (κ2) is 18.4. The third kappa shape index (κ3) is 13.0. The molecule has 1 fully saturated rings. The number of hydrogen-bond donors (Lipinski definition) is 0. The van der Waals surface area contributed by atoms with Crippen LogP contribution in [0.2, 0.25) is 0 Å². The molecule has 1 aliphatic heterocycles. The number of methoxy groups -OCH3 is 1. The summed E-state index contributed by atoms with van der Waals surface area (Å²) in [4.78, 5) is 0. The zero-order valence-corrected chi connectivity index (χ0v) is 27.2. The van der Waals surface area contributed by atoms with Crippen LogP contribution in [0.1, 0.15) is 71.9 Å². The topological polar surface area (TPSA) is 64.6 Å². The summed E-state index contributed by atoms with van der Waals surface area (Å²) < 4.78 is 41.8. The molecule has 0 aromatic heterocycles. The minimum atomic E-state index is -0.663. The summed E-state index contributed by atoms with van der Waals surface area (Å²) in [6, 6.07) is 18.1. The summed E-state index contributed by atoms with van der Waals surface area (Å²) in [5.74, 6) is 7.38. The van der Waals surface area contributed by atoms with Gasteiger partial charge in [-0.25, -0.2) is 0 Å². The Bertz CT molecular complexity index is 1090. The van der Waals surface area contributed by atoms with E-state index in [2.05, 4.69) is 37.8 Å². The maximum absolute atomic E-state index is 6.50. The number of ether oxygens (including phenoxy) is 7. The molecule has 0 saturated carbocycles.